The maximum atomic E-state index is 11.6. The van der Waals surface area contributed by atoms with Gasteiger partial charge in [0, 0.05) is 12.2 Å². The second-order valence-electron chi connectivity index (χ2n) is 8.22. The number of benzene rings is 2. The molecule has 190 valence electrons. The molecule has 0 fully saturated rings. The lowest BCUT2D eigenvalue weighted by molar-refractivity contribution is 0.0398. The molecular weight excluding hydrogens is 460 g/mol. The highest BCUT2D eigenvalue weighted by Crippen LogP contribution is 2.15. The molecule has 1 unspecified atom stereocenters. The van der Waals surface area contributed by atoms with Crippen molar-refractivity contribution >= 4 is 18.0 Å². The monoisotopic (exact) mass is 492 g/mol. The highest BCUT2D eigenvalue weighted by atomic mass is 16.6. The smallest absolute Gasteiger partial charge is 0.346 e. The fourth-order valence-electron chi connectivity index (χ4n) is 2.79. The summed E-state index contributed by atoms with van der Waals surface area (Å²) in [4.78, 5) is 27.4. The molecule has 0 amide bonds. The Bertz CT molecular complexity index is 1090. The van der Waals surface area contributed by atoms with Gasteiger partial charge < -0.3 is 25.0 Å². The number of rotatable bonds is 8. The zero-order chi connectivity index (χ0) is 26.5. The molecule has 0 saturated carbocycles. The maximum Gasteiger partial charge on any atom is 0.346 e. The van der Waals surface area contributed by atoms with E-state index in [4.69, 9.17) is 14.9 Å². The molecular formula is C28H32N2O6. The van der Waals surface area contributed by atoms with E-state index in [2.05, 4.69) is 34.1 Å². The van der Waals surface area contributed by atoms with Crippen LogP contribution in [0.3, 0.4) is 0 Å². The minimum Gasteiger partial charge on any atom is -0.508 e. The molecule has 3 rings (SSSR count). The zero-order valence-electron chi connectivity index (χ0n) is 20.8. The van der Waals surface area contributed by atoms with Crippen molar-refractivity contribution in [1.29, 1.82) is 0 Å². The van der Waals surface area contributed by atoms with Crippen molar-refractivity contribution in [2.24, 2.45) is 0 Å². The Balaban J connectivity index is 0.000000255. The van der Waals surface area contributed by atoms with Crippen LogP contribution in [0.15, 0.2) is 73.1 Å². The normalized spacial score (nSPS) is 11.5. The number of phenols is 2. The topological polar surface area (TPSA) is 118 Å². The summed E-state index contributed by atoms with van der Waals surface area (Å²) in [7, 11) is 1.97. The number of carbonyl (C=O) groups excluding carboxylic acids is 2. The van der Waals surface area contributed by atoms with E-state index in [9.17, 15) is 9.59 Å². The van der Waals surface area contributed by atoms with Crippen LogP contribution in [0.2, 0.25) is 0 Å². The van der Waals surface area contributed by atoms with E-state index in [-0.39, 0.29) is 28.7 Å². The first kappa shape index (κ1) is 28.1. The predicted molar refractivity (Wildman–Crippen MR) is 138 cm³/mol. The van der Waals surface area contributed by atoms with Gasteiger partial charge in [0.2, 0.25) is 0 Å². The van der Waals surface area contributed by atoms with Gasteiger partial charge in [0.15, 0.2) is 0 Å². The summed E-state index contributed by atoms with van der Waals surface area (Å²) in [6, 6.07) is 13.2. The lowest BCUT2D eigenvalue weighted by Crippen LogP contribution is -2.19. The Labute approximate surface area is 211 Å². The molecule has 0 aliphatic rings. The van der Waals surface area contributed by atoms with Crippen LogP contribution in [0.25, 0.3) is 6.08 Å². The number of hydrogen-bond donors (Lipinski definition) is 3. The number of aromatic nitrogens is 1. The summed E-state index contributed by atoms with van der Waals surface area (Å²) in [5, 5.41) is 21.4. The molecule has 0 spiro atoms. The van der Waals surface area contributed by atoms with Crippen LogP contribution in [0.1, 0.15) is 53.5 Å². The standard InChI is InChI=1S/C14H22N2O.C14H10O5/c1-11(2)17-14-8-13(9-16-10-14)7-5-6-12(3)15-4;15-11-5-1-9(2-6-11)13(17)19-14(18)10-3-7-12(16)8-4-10/h5,7-12,15H,6H2,1-4H3;1-8,15-16H. The van der Waals surface area contributed by atoms with Crippen LogP contribution >= 0.6 is 0 Å². The number of nitrogens with one attached hydrogen (secondary N) is 1. The number of hydrogen-bond acceptors (Lipinski definition) is 8. The average molecular weight is 493 g/mol. The van der Waals surface area contributed by atoms with Gasteiger partial charge in [-0.15, -0.1) is 0 Å². The summed E-state index contributed by atoms with van der Waals surface area (Å²) in [6.45, 7) is 6.18. The number of aromatic hydroxyl groups is 2. The number of phenolic OH excluding ortho intramolecular Hbond substituents is 2. The molecule has 1 aromatic heterocycles. The van der Waals surface area contributed by atoms with Gasteiger partial charge in [-0.05, 0) is 94.4 Å². The molecule has 3 N–H and O–H groups in total. The molecule has 0 aliphatic carbocycles. The maximum absolute atomic E-state index is 11.6. The van der Waals surface area contributed by atoms with Gasteiger partial charge in [-0.3, -0.25) is 4.98 Å². The van der Waals surface area contributed by atoms with Crippen LogP contribution in [0.5, 0.6) is 17.2 Å². The summed E-state index contributed by atoms with van der Waals surface area (Å²) >= 11 is 0. The summed E-state index contributed by atoms with van der Waals surface area (Å²) in [5.74, 6) is -0.761. The molecule has 36 heavy (non-hydrogen) atoms. The first-order chi connectivity index (χ1) is 17.2. The van der Waals surface area contributed by atoms with Crippen LogP contribution in [-0.2, 0) is 4.74 Å². The van der Waals surface area contributed by atoms with Gasteiger partial charge in [-0.2, -0.15) is 0 Å². The Morgan fingerprint density at radius 3 is 1.92 bits per heavy atom. The third-order valence-corrected chi connectivity index (χ3v) is 4.79. The second kappa shape index (κ2) is 14.3. The van der Waals surface area contributed by atoms with Gasteiger partial charge in [-0.25, -0.2) is 9.59 Å². The molecule has 8 nitrogen and oxygen atoms in total. The Morgan fingerprint density at radius 1 is 0.917 bits per heavy atom. The molecule has 0 saturated heterocycles. The number of carbonyl (C=O) groups is 2. The third kappa shape index (κ3) is 9.99. The first-order valence-electron chi connectivity index (χ1n) is 11.5. The van der Waals surface area contributed by atoms with Crippen LogP contribution in [-0.4, -0.2) is 46.3 Å². The number of esters is 2. The fraction of sp³-hybridized carbons (Fsp3) is 0.250. The van der Waals surface area contributed by atoms with Crippen molar-refractivity contribution in [1.82, 2.24) is 10.3 Å². The van der Waals surface area contributed by atoms with Crippen molar-refractivity contribution < 1.29 is 29.3 Å². The lowest BCUT2D eigenvalue weighted by Gasteiger charge is -2.09. The lowest BCUT2D eigenvalue weighted by atomic mass is 10.2. The summed E-state index contributed by atoms with van der Waals surface area (Å²) < 4.78 is 10.3. The average Bonchev–Trinajstić information content (AvgIpc) is 2.85. The molecule has 0 aliphatic heterocycles. The molecule has 8 heteroatoms. The number of pyridine rings is 1. The largest absolute Gasteiger partial charge is 0.508 e. The highest BCUT2D eigenvalue weighted by Gasteiger charge is 2.14. The quantitative estimate of drug-likeness (QED) is 0.298. The number of ether oxygens (including phenoxy) is 2. The van der Waals surface area contributed by atoms with E-state index in [1.54, 1.807) is 6.20 Å². The van der Waals surface area contributed by atoms with Crippen LogP contribution < -0.4 is 10.1 Å². The van der Waals surface area contributed by atoms with E-state index in [1.165, 1.54) is 48.5 Å². The molecule has 2 aromatic carbocycles. The summed E-state index contributed by atoms with van der Waals surface area (Å²) in [6.07, 6.45) is 9.00. The summed E-state index contributed by atoms with van der Waals surface area (Å²) in [5.41, 5.74) is 1.39. The third-order valence-electron chi connectivity index (χ3n) is 4.79. The molecule has 1 atom stereocenters. The van der Waals surface area contributed by atoms with Gasteiger partial charge >= 0.3 is 11.9 Å². The van der Waals surface area contributed by atoms with Crippen molar-refractivity contribution in [3.63, 3.8) is 0 Å². The molecule has 1 heterocycles. The van der Waals surface area contributed by atoms with E-state index in [1.807, 2.05) is 33.2 Å². The van der Waals surface area contributed by atoms with Crippen LogP contribution in [0.4, 0.5) is 0 Å². The number of nitrogens with zero attached hydrogens (tertiary/aromatic N) is 1. The SMILES string of the molecule is CNC(C)CC=Cc1cncc(OC(C)C)c1.O=C(OC(=O)c1ccc(O)cc1)c1ccc(O)cc1. The molecule has 3 aromatic rings. The molecule has 0 bridgehead atoms. The van der Waals surface area contributed by atoms with Gasteiger partial charge in [0.05, 0.1) is 23.4 Å². The molecule has 0 radical (unpaired) electrons. The van der Waals surface area contributed by atoms with E-state index in [0.29, 0.717) is 6.04 Å². The van der Waals surface area contributed by atoms with Gasteiger partial charge in [-0.1, -0.05) is 12.2 Å². The Hall–Kier alpha value is -4.17. The van der Waals surface area contributed by atoms with Crippen molar-refractivity contribution in [2.45, 2.75) is 39.3 Å². The minimum absolute atomic E-state index is 0.0152. The van der Waals surface area contributed by atoms with Crippen LogP contribution in [0, 0.1) is 0 Å². The zero-order valence-corrected chi connectivity index (χ0v) is 20.8. The van der Waals surface area contributed by atoms with Crippen molar-refractivity contribution in [3.05, 3.63) is 89.8 Å². The van der Waals surface area contributed by atoms with E-state index >= 15 is 0 Å². The van der Waals surface area contributed by atoms with Crippen molar-refractivity contribution in [3.8, 4) is 17.2 Å². The van der Waals surface area contributed by atoms with E-state index < -0.39 is 11.9 Å². The Morgan fingerprint density at radius 2 is 1.44 bits per heavy atom. The predicted octanol–water partition coefficient (Wildman–Crippen LogP) is 4.98. The highest BCUT2D eigenvalue weighted by molar-refractivity contribution is 6.02. The fourth-order valence-corrected chi connectivity index (χ4v) is 2.79. The second-order valence-corrected chi connectivity index (χ2v) is 8.22. The van der Waals surface area contributed by atoms with Gasteiger partial charge in [0.1, 0.15) is 17.2 Å². The van der Waals surface area contributed by atoms with E-state index in [0.717, 1.165) is 17.7 Å². The van der Waals surface area contributed by atoms with Gasteiger partial charge in [0.25, 0.3) is 0 Å². The minimum atomic E-state index is -0.807. The van der Waals surface area contributed by atoms with Crippen molar-refractivity contribution in [2.75, 3.05) is 7.05 Å². The Kier molecular flexibility index (Phi) is 11.1. The first-order valence-corrected chi connectivity index (χ1v) is 11.5.